The van der Waals surface area contributed by atoms with Crippen molar-refractivity contribution < 1.29 is 19.3 Å². The Bertz CT molecular complexity index is 678. The van der Waals surface area contributed by atoms with Crippen molar-refractivity contribution in [3.05, 3.63) is 34.9 Å². The molecular formula is C20H27ClN3O3+. The number of nitrogens with one attached hydrogen (secondary N) is 1. The minimum absolute atomic E-state index is 0.0160. The van der Waals surface area contributed by atoms with Crippen LogP contribution in [0, 0.1) is 0 Å². The predicted octanol–water partition coefficient (Wildman–Crippen LogP) is 0.652. The third-order valence-electron chi connectivity index (χ3n) is 5.42. The van der Waals surface area contributed by atoms with Gasteiger partial charge in [0.05, 0.1) is 26.2 Å². The molecule has 0 bridgehead atoms. The lowest BCUT2D eigenvalue weighted by molar-refractivity contribution is -0.896. The monoisotopic (exact) mass is 392 g/mol. The first-order valence-electron chi connectivity index (χ1n) is 9.71. The molecule has 3 rings (SSSR count). The summed E-state index contributed by atoms with van der Waals surface area (Å²) in [6, 6.07) is 6.74. The highest BCUT2D eigenvalue weighted by Gasteiger charge is 2.27. The van der Waals surface area contributed by atoms with Crippen LogP contribution >= 0.6 is 11.6 Å². The second kappa shape index (κ2) is 9.33. The molecule has 0 aliphatic carbocycles. The van der Waals surface area contributed by atoms with Crippen LogP contribution in [0.3, 0.4) is 0 Å². The molecule has 2 amide bonds. The fraction of sp³-hybridized carbons (Fsp3) is 0.550. The number of amides is 2. The highest BCUT2D eigenvalue weighted by Crippen LogP contribution is 2.12. The molecule has 146 valence electrons. The normalized spacial score (nSPS) is 18.0. The molecule has 2 aliphatic rings. The number of carbonyl (C=O) groups excluding carboxylic acids is 3. The average Bonchev–Trinajstić information content (AvgIpc) is 3.22. The van der Waals surface area contributed by atoms with Gasteiger partial charge in [0.15, 0.2) is 12.3 Å². The zero-order valence-corrected chi connectivity index (χ0v) is 16.3. The standard InChI is InChI=1S/C20H26ClN3O3/c21-17-5-3-16(4-6-17)18(25)7-8-19(26)24-13-11-22(12-14-24)15-20(27)23-9-1-2-10-23/h3-6H,1-2,7-15H2/p+1. The minimum Gasteiger partial charge on any atom is -0.338 e. The van der Waals surface area contributed by atoms with Gasteiger partial charge in [-0.1, -0.05) is 11.6 Å². The van der Waals surface area contributed by atoms with E-state index in [2.05, 4.69) is 0 Å². The van der Waals surface area contributed by atoms with Crippen molar-refractivity contribution in [2.24, 2.45) is 0 Å². The summed E-state index contributed by atoms with van der Waals surface area (Å²) in [6.07, 6.45) is 2.65. The first-order chi connectivity index (χ1) is 13.0. The number of piperazine rings is 1. The van der Waals surface area contributed by atoms with Crippen molar-refractivity contribution in [3.63, 3.8) is 0 Å². The molecule has 2 saturated heterocycles. The number of rotatable bonds is 6. The van der Waals surface area contributed by atoms with Gasteiger partial charge in [-0.3, -0.25) is 14.4 Å². The molecular weight excluding hydrogens is 366 g/mol. The summed E-state index contributed by atoms with van der Waals surface area (Å²) < 4.78 is 0. The first kappa shape index (κ1) is 19.8. The zero-order valence-electron chi connectivity index (χ0n) is 15.6. The summed E-state index contributed by atoms with van der Waals surface area (Å²) in [5.74, 6) is 0.207. The topological polar surface area (TPSA) is 62.1 Å². The predicted molar refractivity (Wildman–Crippen MR) is 103 cm³/mol. The van der Waals surface area contributed by atoms with E-state index in [0.717, 1.165) is 39.0 Å². The highest BCUT2D eigenvalue weighted by atomic mass is 35.5. The fourth-order valence-corrected chi connectivity index (χ4v) is 3.83. The fourth-order valence-electron chi connectivity index (χ4n) is 3.70. The van der Waals surface area contributed by atoms with Crippen molar-refractivity contribution in [1.29, 1.82) is 0 Å². The smallest absolute Gasteiger partial charge is 0.277 e. The lowest BCUT2D eigenvalue weighted by Gasteiger charge is -2.32. The number of hydrogen-bond donors (Lipinski definition) is 1. The van der Waals surface area contributed by atoms with E-state index < -0.39 is 0 Å². The van der Waals surface area contributed by atoms with E-state index in [1.165, 1.54) is 4.90 Å². The Balaban J connectivity index is 1.38. The van der Waals surface area contributed by atoms with Crippen LogP contribution < -0.4 is 4.90 Å². The van der Waals surface area contributed by atoms with E-state index >= 15 is 0 Å². The number of nitrogens with zero attached hydrogens (tertiary/aromatic N) is 2. The number of halogens is 1. The quantitative estimate of drug-likeness (QED) is 0.723. The van der Waals surface area contributed by atoms with Crippen LogP contribution in [0.15, 0.2) is 24.3 Å². The Morgan fingerprint density at radius 2 is 1.44 bits per heavy atom. The summed E-state index contributed by atoms with van der Waals surface area (Å²) in [7, 11) is 0. The van der Waals surface area contributed by atoms with E-state index in [-0.39, 0.29) is 30.4 Å². The van der Waals surface area contributed by atoms with Crippen LogP contribution in [0.2, 0.25) is 5.02 Å². The van der Waals surface area contributed by atoms with Crippen molar-refractivity contribution >= 4 is 29.2 Å². The van der Waals surface area contributed by atoms with Crippen LogP contribution in [0.5, 0.6) is 0 Å². The maximum absolute atomic E-state index is 12.4. The highest BCUT2D eigenvalue weighted by molar-refractivity contribution is 6.30. The van der Waals surface area contributed by atoms with Gasteiger partial charge in [-0.25, -0.2) is 0 Å². The van der Waals surface area contributed by atoms with Crippen molar-refractivity contribution in [1.82, 2.24) is 9.80 Å². The number of likely N-dealkylation sites (tertiary alicyclic amines) is 1. The molecule has 1 aromatic carbocycles. The Kier molecular flexibility index (Phi) is 6.85. The van der Waals surface area contributed by atoms with Gasteiger partial charge in [0, 0.05) is 36.5 Å². The second-order valence-electron chi connectivity index (χ2n) is 7.33. The van der Waals surface area contributed by atoms with E-state index in [4.69, 9.17) is 11.6 Å². The molecule has 2 aliphatic heterocycles. The number of benzene rings is 1. The van der Waals surface area contributed by atoms with Crippen LogP contribution in [0.25, 0.3) is 0 Å². The third kappa shape index (κ3) is 5.53. The molecule has 0 unspecified atom stereocenters. The number of hydrogen-bond acceptors (Lipinski definition) is 3. The van der Waals surface area contributed by atoms with Crippen LogP contribution in [0.4, 0.5) is 0 Å². The molecule has 0 atom stereocenters. The van der Waals surface area contributed by atoms with E-state index in [1.807, 2.05) is 9.80 Å². The van der Waals surface area contributed by atoms with Gasteiger partial charge in [0.1, 0.15) is 0 Å². The van der Waals surface area contributed by atoms with Gasteiger partial charge >= 0.3 is 0 Å². The van der Waals surface area contributed by atoms with E-state index in [0.29, 0.717) is 30.2 Å². The second-order valence-corrected chi connectivity index (χ2v) is 7.76. The van der Waals surface area contributed by atoms with Gasteiger partial charge in [0.25, 0.3) is 5.91 Å². The molecule has 0 radical (unpaired) electrons. The summed E-state index contributed by atoms with van der Waals surface area (Å²) in [4.78, 5) is 41.8. The van der Waals surface area contributed by atoms with Crippen LogP contribution in [0.1, 0.15) is 36.0 Å². The summed E-state index contributed by atoms with van der Waals surface area (Å²) in [5, 5.41) is 0.589. The average molecular weight is 393 g/mol. The summed E-state index contributed by atoms with van der Waals surface area (Å²) in [5.41, 5.74) is 0.585. The molecule has 6 nitrogen and oxygen atoms in total. The van der Waals surface area contributed by atoms with Gasteiger partial charge in [0.2, 0.25) is 5.91 Å². The molecule has 7 heteroatoms. The molecule has 1 aromatic rings. The maximum atomic E-state index is 12.4. The SMILES string of the molecule is O=C(CCC(=O)N1CC[NH+](CC(=O)N2CCCC2)CC1)c1ccc(Cl)cc1. The lowest BCUT2D eigenvalue weighted by Crippen LogP contribution is -3.15. The molecule has 2 fully saturated rings. The molecule has 0 spiro atoms. The number of carbonyl (C=O) groups is 3. The Morgan fingerprint density at radius 1 is 0.852 bits per heavy atom. The number of Topliss-reactive ketones (excluding diaryl/α,β-unsaturated/α-hetero) is 1. The van der Waals surface area contributed by atoms with Crippen molar-refractivity contribution in [3.8, 4) is 0 Å². The lowest BCUT2D eigenvalue weighted by atomic mass is 10.1. The van der Waals surface area contributed by atoms with E-state index in [9.17, 15) is 14.4 Å². The molecule has 0 saturated carbocycles. The molecule has 2 heterocycles. The van der Waals surface area contributed by atoms with E-state index in [1.54, 1.807) is 24.3 Å². The van der Waals surface area contributed by atoms with Crippen molar-refractivity contribution in [2.45, 2.75) is 25.7 Å². The third-order valence-corrected chi connectivity index (χ3v) is 5.67. The number of quaternary nitrogens is 1. The summed E-state index contributed by atoms with van der Waals surface area (Å²) in [6.45, 7) is 5.17. The number of ketones is 1. The minimum atomic E-state index is -0.0412. The van der Waals surface area contributed by atoms with Gasteiger partial charge < -0.3 is 14.7 Å². The Morgan fingerprint density at radius 3 is 2.07 bits per heavy atom. The maximum Gasteiger partial charge on any atom is 0.277 e. The van der Waals surface area contributed by atoms with Gasteiger partial charge in [-0.2, -0.15) is 0 Å². The first-order valence-corrected chi connectivity index (χ1v) is 10.1. The van der Waals surface area contributed by atoms with Gasteiger partial charge in [-0.15, -0.1) is 0 Å². The van der Waals surface area contributed by atoms with Crippen molar-refractivity contribution in [2.75, 3.05) is 45.8 Å². The summed E-state index contributed by atoms with van der Waals surface area (Å²) >= 11 is 5.83. The van der Waals surface area contributed by atoms with Crippen LogP contribution in [-0.4, -0.2) is 73.2 Å². The van der Waals surface area contributed by atoms with Crippen LogP contribution in [-0.2, 0) is 9.59 Å². The Hall–Kier alpha value is -1.92. The Labute approximate surface area is 165 Å². The zero-order chi connectivity index (χ0) is 19.2. The molecule has 1 N–H and O–H groups in total. The van der Waals surface area contributed by atoms with Gasteiger partial charge in [-0.05, 0) is 37.1 Å². The molecule has 0 aromatic heterocycles. The largest absolute Gasteiger partial charge is 0.338 e. The molecule has 27 heavy (non-hydrogen) atoms.